The van der Waals surface area contributed by atoms with Crippen LogP contribution in [-0.2, 0) is 9.53 Å². The van der Waals surface area contributed by atoms with Crippen LogP contribution in [0.2, 0.25) is 0 Å². The van der Waals surface area contributed by atoms with Crippen LogP contribution in [0.25, 0.3) is 0 Å². The lowest BCUT2D eigenvalue weighted by molar-refractivity contribution is -0.143. The van der Waals surface area contributed by atoms with E-state index in [1.165, 1.54) is 13.2 Å². The van der Waals surface area contributed by atoms with Crippen LogP contribution >= 0.6 is 0 Å². The number of allylic oxidation sites excluding steroid dienone is 2. The zero-order valence-electron chi connectivity index (χ0n) is 10.1. The van der Waals surface area contributed by atoms with Crippen molar-refractivity contribution in [1.29, 1.82) is 5.26 Å². The Hall–Kier alpha value is -1.64. The van der Waals surface area contributed by atoms with Crippen LogP contribution in [0, 0.1) is 17.2 Å². The van der Waals surface area contributed by atoms with Gasteiger partial charge in [0.25, 0.3) is 0 Å². The minimum atomic E-state index is -1.12. The van der Waals surface area contributed by atoms with Crippen LogP contribution in [0.1, 0.15) is 13.8 Å². The fourth-order valence-electron chi connectivity index (χ4n) is 2.08. The summed E-state index contributed by atoms with van der Waals surface area (Å²) < 4.78 is 5.17. The molecule has 0 saturated carbocycles. The molecule has 0 bridgehead atoms. The molecule has 5 nitrogen and oxygen atoms in total. The van der Waals surface area contributed by atoms with E-state index in [0.717, 1.165) is 0 Å². The smallest absolute Gasteiger partial charge is 0.312 e. The quantitative estimate of drug-likeness (QED) is 0.756. The predicted octanol–water partition coefficient (Wildman–Crippen LogP) is 0.829. The van der Waals surface area contributed by atoms with Crippen molar-refractivity contribution in [2.75, 3.05) is 7.11 Å². The summed E-state index contributed by atoms with van der Waals surface area (Å²) in [5, 5.41) is 18.1. The molecule has 0 radical (unpaired) electrons. The number of carbonyl (C=O) groups is 1. The highest BCUT2D eigenvalue weighted by Crippen LogP contribution is 2.35. The highest BCUT2D eigenvalue weighted by atomic mass is 16.5. The van der Waals surface area contributed by atoms with Crippen molar-refractivity contribution in [3.05, 3.63) is 23.3 Å². The van der Waals surface area contributed by atoms with Crippen molar-refractivity contribution in [2.24, 2.45) is 11.7 Å². The SMILES string of the molecule is COC(C)C1(N)C(C)=CC(C#N)=CC1C(=O)O. The van der Waals surface area contributed by atoms with Crippen molar-refractivity contribution in [2.45, 2.75) is 25.5 Å². The van der Waals surface area contributed by atoms with Gasteiger partial charge in [0.15, 0.2) is 0 Å². The summed E-state index contributed by atoms with van der Waals surface area (Å²) in [6.45, 7) is 3.44. The molecule has 92 valence electrons. The molecule has 17 heavy (non-hydrogen) atoms. The average molecular weight is 236 g/mol. The van der Waals surface area contributed by atoms with Gasteiger partial charge < -0.3 is 15.6 Å². The Bertz CT molecular complexity index is 434. The monoisotopic (exact) mass is 236 g/mol. The third-order valence-corrected chi connectivity index (χ3v) is 3.34. The molecule has 0 aliphatic heterocycles. The molecule has 0 aromatic rings. The first-order chi connectivity index (χ1) is 7.87. The number of rotatable bonds is 3. The number of nitriles is 1. The molecule has 0 fully saturated rings. The molecule has 0 aromatic heterocycles. The van der Waals surface area contributed by atoms with Gasteiger partial charge in [-0.2, -0.15) is 5.26 Å². The number of hydrogen-bond donors (Lipinski definition) is 2. The standard InChI is InChI=1S/C12H16N2O3/c1-7-4-9(6-13)5-10(11(15)16)12(7,14)8(2)17-3/h4-5,8,10H,14H2,1-3H3,(H,15,16). The summed E-state index contributed by atoms with van der Waals surface area (Å²) in [5.74, 6) is -2.02. The molecule has 3 N–H and O–H groups in total. The van der Waals surface area contributed by atoms with Crippen molar-refractivity contribution in [3.63, 3.8) is 0 Å². The van der Waals surface area contributed by atoms with Crippen molar-refractivity contribution >= 4 is 5.97 Å². The van der Waals surface area contributed by atoms with Crippen molar-refractivity contribution in [3.8, 4) is 6.07 Å². The first-order valence-corrected chi connectivity index (χ1v) is 5.23. The third kappa shape index (κ3) is 2.09. The van der Waals surface area contributed by atoms with Gasteiger partial charge in [-0.15, -0.1) is 0 Å². The first-order valence-electron chi connectivity index (χ1n) is 5.23. The molecule has 1 rings (SSSR count). The van der Waals surface area contributed by atoms with E-state index in [4.69, 9.17) is 15.7 Å². The molecular weight excluding hydrogens is 220 g/mol. The average Bonchev–Trinajstić information content (AvgIpc) is 2.30. The Kier molecular flexibility index (Phi) is 3.71. The number of methoxy groups -OCH3 is 1. The van der Waals surface area contributed by atoms with Gasteiger partial charge in [0, 0.05) is 12.7 Å². The molecule has 1 aliphatic carbocycles. The minimum absolute atomic E-state index is 0.319. The maximum absolute atomic E-state index is 11.3. The number of ether oxygens (including phenoxy) is 1. The van der Waals surface area contributed by atoms with Gasteiger partial charge in [-0.25, -0.2) is 0 Å². The summed E-state index contributed by atoms with van der Waals surface area (Å²) >= 11 is 0. The van der Waals surface area contributed by atoms with Crippen LogP contribution in [0.3, 0.4) is 0 Å². The second-order valence-corrected chi connectivity index (χ2v) is 4.19. The number of nitrogens with zero attached hydrogens (tertiary/aromatic N) is 1. The molecule has 3 unspecified atom stereocenters. The van der Waals surface area contributed by atoms with E-state index >= 15 is 0 Å². The maximum Gasteiger partial charge on any atom is 0.312 e. The van der Waals surface area contributed by atoms with E-state index in [1.807, 2.05) is 6.07 Å². The maximum atomic E-state index is 11.3. The van der Waals surface area contributed by atoms with E-state index < -0.39 is 23.5 Å². The molecule has 0 saturated heterocycles. The Morgan fingerprint density at radius 3 is 2.76 bits per heavy atom. The lowest BCUT2D eigenvalue weighted by atomic mass is 9.71. The van der Waals surface area contributed by atoms with Crippen LogP contribution in [0.15, 0.2) is 23.3 Å². The first kappa shape index (κ1) is 13.4. The van der Waals surface area contributed by atoms with Gasteiger partial charge in [-0.1, -0.05) is 6.08 Å². The lowest BCUT2D eigenvalue weighted by Gasteiger charge is -2.41. The van der Waals surface area contributed by atoms with Crippen LogP contribution in [0.4, 0.5) is 0 Å². The van der Waals surface area contributed by atoms with Crippen LogP contribution in [-0.4, -0.2) is 29.8 Å². The molecule has 0 heterocycles. The summed E-state index contributed by atoms with van der Waals surface area (Å²) in [4.78, 5) is 11.3. The fourth-order valence-corrected chi connectivity index (χ4v) is 2.08. The van der Waals surface area contributed by atoms with Crippen molar-refractivity contribution in [1.82, 2.24) is 0 Å². The van der Waals surface area contributed by atoms with Gasteiger partial charge >= 0.3 is 5.97 Å². The lowest BCUT2D eigenvalue weighted by Crippen LogP contribution is -2.59. The number of aliphatic carboxylic acids is 1. The minimum Gasteiger partial charge on any atom is -0.481 e. The third-order valence-electron chi connectivity index (χ3n) is 3.34. The molecule has 0 aromatic carbocycles. The highest BCUT2D eigenvalue weighted by molar-refractivity contribution is 5.77. The van der Waals surface area contributed by atoms with Gasteiger partial charge in [-0.05, 0) is 25.5 Å². The molecule has 0 spiro atoms. The highest BCUT2D eigenvalue weighted by Gasteiger charge is 2.46. The van der Waals surface area contributed by atoms with Crippen molar-refractivity contribution < 1.29 is 14.6 Å². The van der Waals surface area contributed by atoms with Gasteiger partial charge in [0.1, 0.15) is 5.92 Å². The summed E-state index contributed by atoms with van der Waals surface area (Å²) in [5.41, 5.74) is 6.02. The Morgan fingerprint density at radius 2 is 2.35 bits per heavy atom. The number of carboxylic acids is 1. The Labute approximate surface area is 100 Å². The molecule has 0 amide bonds. The van der Waals surface area contributed by atoms with E-state index in [2.05, 4.69) is 0 Å². The van der Waals surface area contributed by atoms with E-state index in [-0.39, 0.29) is 0 Å². The van der Waals surface area contributed by atoms with Gasteiger partial charge in [-0.3, -0.25) is 4.79 Å². The number of carboxylic acid groups (broad SMARTS) is 1. The molecule has 5 heteroatoms. The second kappa shape index (κ2) is 4.70. The molecule has 1 aliphatic rings. The second-order valence-electron chi connectivity index (χ2n) is 4.19. The number of hydrogen-bond acceptors (Lipinski definition) is 4. The Balaban J connectivity index is 3.31. The number of nitrogens with two attached hydrogens (primary N) is 1. The van der Waals surface area contributed by atoms with Crippen LogP contribution in [0.5, 0.6) is 0 Å². The topological polar surface area (TPSA) is 96.3 Å². The normalized spacial score (nSPS) is 29.9. The fraction of sp³-hybridized carbons (Fsp3) is 0.500. The zero-order valence-corrected chi connectivity index (χ0v) is 10.1. The largest absolute Gasteiger partial charge is 0.481 e. The van der Waals surface area contributed by atoms with Gasteiger partial charge in [0.05, 0.1) is 17.7 Å². The van der Waals surface area contributed by atoms with Crippen LogP contribution < -0.4 is 5.73 Å². The molecule has 3 atom stereocenters. The van der Waals surface area contributed by atoms with E-state index in [1.54, 1.807) is 19.9 Å². The zero-order chi connectivity index (χ0) is 13.2. The Morgan fingerprint density at radius 1 is 1.76 bits per heavy atom. The van der Waals surface area contributed by atoms with E-state index in [0.29, 0.717) is 11.1 Å². The summed E-state index contributed by atoms with van der Waals surface area (Å²) in [6.07, 6.45) is 2.52. The summed E-state index contributed by atoms with van der Waals surface area (Å²) in [7, 11) is 1.48. The predicted molar refractivity (Wildman–Crippen MR) is 62.0 cm³/mol. The van der Waals surface area contributed by atoms with E-state index in [9.17, 15) is 9.90 Å². The molecular formula is C12H16N2O3. The summed E-state index contributed by atoms with van der Waals surface area (Å²) in [6, 6.07) is 1.94. The van der Waals surface area contributed by atoms with Gasteiger partial charge in [0.2, 0.25) is 0 Å².